The molecule has 0 atom stereocenters. The van der Waals surface area contributed by atoms with Gasteiger partial charge in [-0.05, 0) is 65.1 Å². The van der Waals surface area contributed by atoms with Gasteiger partial charge in [-0.3, -0.25) is 0 Å². The Labute approximate surface area is 99.8 Å². The second-order valence-electron chi connectivity index (χ2n) is 3.05. The SMILES string of the molecule is Cc1csc(-c2sc(I)cc2C)c1. The minimum Gasteiger partial charge on any atom is -0.143 e. The van der Waals surface area contributed by atoms with E-state index in [0.29, 0.717) is 0 Å². The van der Waals surface area contributed by atoms with E-state index in [-0.39, 0.29) is 0 Å². The Balaban J connectivity index is 2.51. The van der Waals surface area contributed by atoms with Gasteiger partial charge in [-0.2, -0.15) is 0 Å². The summed E-state index contributed by atoms with van der Waals surface area (Å²) in [5.41, 5.74) is 2.76. The van der Waals surface area contributed by atoms with Gasteiger partial charge < -0.3 is 0 Å². The van der Waals surface area contributed by atoms with Crippen molar-refractivity contribution in [3.63, 3.8) is 0 Å². The maximum absolute atomic E-state index is 2.38. The lowest BCUT2D eigenvalue weighted by Crippen LogP contribution is -1.67. The van der Waals surface area contributed by atoms with Crippen molar-refractivity contribution in [1.29, 1.82) is 0 Å². The molecule has 0 aromatic carbocycles. The van der Waals surface area contributed by atoms with Crippen LogP contribution in [0.2, 0.25) is 0 Å². The molecule has 2 rings (SSSR count). The summed E-state index contributed by atoms with van der Waals surface area (Å²) in [5, 5.41) is 2.21. The van der Waals surface area contributed by atoms with E-state index in [1.54, 1.807) is 0 Å². The molecule has 0 spiro atoms. The Morgan fingerprint density at radius 3 is 2.46 bits per heavy atom. The van der Waals surface area contributed by atoms with Gasteiger partial charge in [0.2, 0.25) is 0 Å². The summed E-state index contributed by atoms with van der Waals surface area (Å²) in [7, 11) is 0. The highest BCUT2D eigenvalue weighted by molar-refractivity contribution is 14.1. The van der Waals surface area contributed by atoms with Crippen LogP contribution in [0.3, 0.4) is 0 Å². The van der Waals surface area contributed by atoms with Crippen molar-refractivity contribution in [3.8, 4) is 9.75 Å². The fraction of sp³-hybridized carbons (Fsp3) is 0.200. The quantitative estimate of drug-likeness (QED) is 0.668. The van der Waals surface area contributed by atoms with Crippen LogP contribution in [0, 0.1) is 16.7 Å². The topological polar surface area (TPSA) is 0 Å². The van der Waals surface area contributed by atoms with E-state index in [4.69, 9.17) is 0 Å². The average Bonchev–Trinajstić information content (AvgIpc) is 2.58. The van der Waals surface area contributed by atoms with Gasteiger partial charge in [0.1, 0.15) is 0 Å². The molecule has 2 heterocycles. The molecule has 68 valence electrons. The summed E-state index contributed by atoms with van der Waals surface area (Å²) < 4.78 is 1.37. The van der Waals surface area contributed by atoms with E-state index < -0.39 is 0 Å². The zero-order valence-corrected chi connectivity index (χ0v) is 11.2. The van der Waals surface area contributed by atoms with Crippen LogP contribution in [-0.4, -0.2) is 0 Å². The molecule has 0 saturated heterocycles. The van der Waals surface area contributed by atoms with Gasteiger partial charge in [-0.15, -0.1) is 22.7 Å². The monoisotopic (exact) mass is 320 g/mol. The first kappa shape index (κ1) is 9.68. The first-order valence-electron chi connectivity index (χ1n) is 3.98. The van der Waals surface area contributed by atoms with Gasteiger partial charge in [-0.25, -0.2) is 0 Å². The summed E-state index contributed by atoms with van der Waals surface area (Å²) in [6, 6.07) is 4.51. The molecule has 2 aromatic rings. The number of rotatable bonds is 1. The summed E-state index contributed by atoms with van der Waals surface area (Å²) >= 11 is 6.10. The molecular weight excluding hydrogens is 311 g/mol. The highest BCUT2D eigenvalue weighted by Gasteiger charge is 2.07. The Morgan fingerprint density at radius 2 is 2.00 bits per heavy atom. The molecule has 3 heteroatoms. The lowest BCUT2D eigenvalue weighted by molar-refractivity contribution is 1.53. The van der Waals surface area contributed by atoms with Crippen molar-refractivity contribution in [2.45, 2.75) is 13.8 Å². The molecule has 0 bridgehead atoms. The number of thiophene rings is 2. The number of halogens is 1. The largest absolute Gasteiger partial charge is 0.143 e. The van der Waals surface area contributed by atoms with Crippen LogP contribution in [0.25, 0.3) is 9.75 Å². The van der Waals surface area contributed by atoms with Gasteiger partial charge in [0.25, 0.3) is 0 Å². The third-order valence-electron chi connectivity index (χ3n) is 1.84. The van der Waals surface area contributed by atoms with E-state index in [2.05, 4.69) is 54.0 Å². The minimum atomic E-state index is 1.36. The minimum absolute atomic E-state index is 1.36. The van der Waals surface area contributed by atoms with Crippen LogP contribution in [0.15, 0.2) is 17.5 Å². The Hall–Kier alpha value is 0.130. The Kier molecular flexibility index (Phi) is 2.76. The van der Waals surface area contributed by atoms with Crippen molar-refractivity contribution in [2.75, 3.05) is 0 Å². The summed E-state index contributed by atoms with van der Waals surface area (Å²) in [4.78, 5) is 2.84. The van der Waals surface area contributed by atoms with Crippen LogP contribution in [-0.2, 0) is 0 Å². The Morgan fingerprint density at radius 1 is 1.23 bits per heavy atom. The number of aryl methyl sites for hydroxylation is 2. The summed E-state index contributed by atoms with van der Waals surface area (Å²) in [6.45, 7) is 4.33. The van der Waals surface area contributed by atoms with Gasteiger partial charge >= 0.3 is 0 Å². The van der Waals surface area contributed by atoms with Gasteiger partial charge in [0.15, 0.2) is 0 Å². The third kappa shape index (κ3) is 1.97. The molecule has 0 aliphatic rings. The van der Waals surface area contributed by atoms with Crippen molar-refractivity contribution >= 4 is 45.3 Å². The molecule has 0 unspecified atom stereocenters. The summed E-state index contributed by atoms with van der Waals surface area (Å²) in [5.74, 6) is 0. The zero-order chi connectivity index (χ0) is 9.42. The zero-order valence-electron chi connectivity index (χ0n) is 7.43. The highest BCUT2D eigenvalue weighted by atomic mass is 127. The van der Waals surface area contributed by atoms with Crippen molar-refractivity contribution < 1.29 is 0 Å². The third-order valence-corrected chi connectivity index (χ3v) is 5.07. The second kappa shape index (κ2) is 3.71. The van der Waals surface area contributed by atoms with Crippen LogP contribution < -0.4 is 0 Å². The Bertz CT molecular complexity index is 426. The van der Waals surface area contributed by atoms with Crippen LogP contribution >= 0.6 is 45.3 Å². The van der Waals surface area contributed by atoms with Gasteiger partial charge in [0.05, 0.1) is 2.88 Å². The van der Waals surface area contributed by atoms with E-state index in [1.807, 2.05) is 22.7 Å². The number of hydrogen-bond donors (Lipinski definition) is 0. The molecule has 0 amide bonds. The molecule has 13 heavy (non-hydrogen) atoms. The fourth-order valence-electron chi connectivity index (χ4n) is 1.24. The second-order valence-corrected chi connectivity index (χ2v) is 6.91. The fourth-order valence-corrected chi connectivity index (χ4v) is 4.35. The van der Waals surface area contributed by atoms with Crippen LogP contribution in [0.4, 0.5) is 0 Å². The van der Waals surface area contributed by atoms with E-state index in [0.717, 1.165) is 0 Å². The predicted molar refractivity (Wildman–Crippen MR) is 69.8 cm³/mol. The van der Waals surface area contributed by atoms with Crippen molar-refractivity contribution in [1.82, 2.24) is 0 Å². The molecule has 0 saturated carbocycles. The van der Waals surface area contributed by atoms with Crippen molar-refractivity contribution in [2.24, 2.45) is 0 Å². The molecule has 2 aromatic heterocycles. The van der Waals surface area contributed by atoms with E-state index in [1.165, 1.54) is 23.8 Å². The lowest BCUT2D eigenvalue weighted by Gasteiger charge is -1.92. The predicted octanol–water partition coefficient (Wildman–Crippen LogP) is 4.70. The highest BCUT2D eigenvalue weighted by Crippen LogP contribution is 2.36. The average molecular weight is 320 g/mol. The van der Waals surface area contributed by atoms with E-state index in [9.17, 15) is 0 Å². The smallest absolute Gasteiger partial charge is 0.0663 e. The molecular formula is C10H9IS2. The normalized spacial score (nSPS) is 10.7. The molecule has 0 fully saturated rings. The lowest BCUT2D eigenvalue weighted by atomic mass is 10.2. The van der Waals surface area contributed by atoms with E-state index >= 15 is 0 Å². The maximum Gasteiger partial charge on any atom is 0.0663 e. The molecule has 0 nitrogen and oxygen atoms in total. The van der Waals surface area contributed by atoms with Crippen LogP contribution in [0.1, 0.15) is 11.1 Å². The standard InChI is InChI=1S/C10H9IS2/c1-6-3-8(12-5-6)10-7(2)4-9(11)13-10/h3-5H,1-2H3. The van der Waals surface area contributed by atoms with Crippen molar-refractivity contribution in [3.05, 3.63) is 31.5 Å². The molecule has 0 radical (unpaired) electrons. The van der Waals surface area contributed by atoms with Gasteiger partial charge in [0, 0.05) is 9.75 Å². The molecule has 0 N–H and O–H groups in total. The number of hydrogen-bond acceptors (Lipinski definition) is 2. The van der Waals surface area contributed by atoms with Gasteiger partial charge in [-0.1, -0.05) is 0 Å². The molecule has 0 aliphatic carbocycles. The first-order valence-corrected chi connectivity index (χ1v) is 6.76. The summed E-state index contributed by atoms with van der Waals surface area (Å²) in [6.07, 6.45) is 0. The first-order chi connectivity index (χ1) is 6.16. The maximum atomic E-state index is 2.38. The van der Waals surface area contributed by atoms with Crippen LogP contribution in [0.5, 0.6) is 0 Å². The molecule has 0 aliphatic heterocycles.